The normalized spacial score (nSPS) is 11.2. The maximum absolute atomic E-state index is 11.8. The molecule has 94 valence electrons. The molecule has 1 heterocycles. The lowest BCUT2D eigenvalue weighted by Gasteiger charge is -2.05. The molecule has 0 unspecified atom stereocenters. The molecule has 0 fully saturated rings. The molecule has 4 nitrogen and oxygen atoms in total. The Labute approximate surface area is 109 Å². The molecule has 0 aliphatic rings. The Morgan fingerprint density at radius 1 is 1.22 bits per heavy atom. The van der Waals surface area contributed by atoms with Crippen LogP contribution in [0.5, 0.6) is 0 Å². The molecule has 0 saturated heterocycles. The molecule has 1 aromatic heterocycles. The van der Waals surface area contributed by atoms with Gasteiger partial charge in [0.25, 0.3) is 15.9 Å². The highest BCUT2D eigenvalue weighted by molar-refractivity contribution is 7.92. The summed E-state index contributed by atoms with van der Waals surface area (Å²) in [6.45, 7) is 1.84. The van der Waals surface area contributed by atoms with E-state index in [2.05, 4.69) is 0 Å². The van der Waals surface area contributed by atoms with Crippen LogP contribution in [0.1, 0.15) is 15.9 Å². The highest BCUT2D eigenvalue weighted by Crippen LogP contribution is 2.16. The molecule has 0 spiro atoms. The van der Waals surface area contributed by atoms with E-state index >= 15 is 0 Å². The third-order valence-corrected chi connectivity index (χ3v) is 5.00. The first-order valence-electron chi connectivity index (χ1n) is 5.16. The molecule has 0 bridgehead atoms. The molecule has 0 atom stereocenters. The molecule has 1 amide bonds. The zero-order valence-electron chi connectivity index (χ0n) is 9.58. The van der Waals surface area contributed by atoms with Crippen molar-refractivity contribution in [3.05, 3.63) is 52.9 Å². The fourth-order valence-corrected chi connectivity index (χ4v) is 3.40. The van der Waals surface area contributed by atoms with Gasteiger partial charge in [-0.3, -0.25) is 4.79 Å². The third-order valence-electron chi connectivity index (χ3n) is 2.27. The Balaban J connectivity index is 2.23. The van der Waals surface area contributed by atoms with Crippen LogP contribution in [0.2, 0.25) is 0 Å². The minimum Gasteiger partial charge on any atom is -0.268 e. The summed E-state index contributed by atoms with van der Waals surface area (Å²) in [6, 6.07) is 9.84. The average molecular weight is 281 g/mol. The van der Waals surface area contributed by atoms with Crippen molar-refractivity contribution in [2.45, 2.75) is 11.1 Å². The first kappa shape index (κ1) is 12.8. The van der Waals surface area contributed by atoms with E-state index in [1.165, 1.54) is 6.07 Å². The van der Waals surface area contributed by atoms with Crippen LogP contribution in [0.3, 0.4) is 0 Å². The molecule has 2 rings (SSSR count). The number of carbonyl (C=O) groups excluding carboxylic acids is 1. The number of benzene rings is 1. The minimum absolute atomic E-state index is 0.128. The number of amides is 1. The van der Waals surface area contributed by atoms with E-state index in [4.69, 9.17) is 0 Å². The number of aryl methyl sites for hydroxylation is 1. The summed E-state index contributed by atoms with van der Waals surface area (Å²) >= 11 is 1.07. The van der Waals surface area contributed by atoms with Gasteiger partial charge in [-0.05, 0) is 30.5 Å². The first-order chi connectivity index (χ1) is 8.49. The molecular formula is C12H11NO3S2. The Kier molecular flexibility index (Phi) is 3.49. The van der Waals surface area contributed by atoms with E-state index in [0.717, 1.165) is 16.9 Å². The fraction of sp³-hybridized carbons (Fsp3) is 0.0833. The maximum atomic E-state index is 11.8. The summed E-state index contributed by atoms with van der Waals surface area (Å²) in [6.07, 6.45) is 0. The van der Waals surface area contributed by atoms with Gasteiger partial charge in [0.2, 0.25) is 0 Å². The Morgan fingerprint density at radius 2 is 2.00 bits per heavy atom. The van der Waals surface area contributed by atoms with Gasteiger partial charge in [-0.2, -0.15) is 0 Å². The van der Waals surface area contributed by atoms with Crippen molar-refractivity contribution < 1.29 is 13.2 Å². The van der Waals surface area contributed by atoms with Crippen LogP contribution in [0.4, 0.5) is 0 Å². The van der Waals surface area contributed by atoms with Crippen molar-refractivity contribution in [1.82, 2.24) is 4.72 Å². The summed E-state index contributed by atoms with van der Waals surface area (Å²) in [5, 5.41) is 1.64. The Bertz CT molecular complexity index is 660. The van der Waals surface area contributed by atoms with Crippen LogP contribution >= 0.6 is 11.3 Å². The summed E-state index contributed by atoms with van der Waals surface area (Å²) in [5.74, 6) is -0.618. The Morgan fingerprint density at radius 3 is 2.61 bits per heavy atom. The summed E-state index contributed by atoms with van der Waals surface area (Å²) in [4.78, 5) is 11.8. The van der Waals surface area contributed by atoms with Crippen LogP contribution in [-0.2, 0) is 10.0 Å². The van der Waals surface area contributed by atoms with Crippen LogP contribution in [0.15, 0.2) is 46.0 Å². The largest absolute Gasteiger partial charge is 0.273 e. The van der Waals surface area contributed by atoms with Crippen LogP contribution in [0.25, 0.3) is 0 Å². The molecule has 0 aliphatic heterocycles. The number of hydrogen-bond donors (Lipinski definition) is 1. The molecule has 0 saturated carbocycles. The number of nitrogens with one attached hydrogen (secondary N) is 1. The monoisotopic (exact) mass is 281 g/mol. The number of rotatable bonds is 3. The van der Waals surface area contributed by atoms with Gasteiger partial charge in [0, 0.05) is 5.56 Å². The van der Waals surface area contributed by atoms with Gasteiger partial charge in [0.05, 0.1) is 0 Å². The van der Waals surface area contributed by atoms with E-state index in [-0.39, 0.29) is 4.21 Å². The molecule has 2 aromatic rings. The summed E-state index contributed by atoms with van der Waals surface area (Å²) in [5.41, 5.74) is 1.23. The molecule has 18 heavy (non-hydrogen) atoms. The van der Waals surface area contributed by atoms with E-state index < -0.39 is 15.9 Å². The second-order valence-electron chi connectivity index (χ2n) is 3.74. The molecule has 6 heteroatoms. The van der Waals surface area contributed by atoms with E-state index in [1.807, 2.05) is 17.7 Å². The topological polar surface area (TPSA) is 63.2 Å². The smallest absolute Gasteiger partial charge is 0.268 e. The van der Waals surface area contributed by atoms with Crippen LogP contribution in [-0.4, -0.2) is 14.3 Å². The maximum Gasteiger partial charge on any atom is 0.273 e. The standard InChI is InChI=1S/C12H11NO3S2/c1-9-4-2-5-10(8-9)12(14)13-18(15,16)11-6-3-7-17-11/h2-8H,1H3,(H,13,14). The van der Waals surface area contributed by atoms with Gasteiger partial charge in [0.1, 0.15) is 4.21 Å². The van der Waals surface area contributed by atoms with Gasteiger partial charge < -0.3 is 0 Å². The minimum atomic E-state index is -3.76. The Hall–Kier alpha value is -1.66. The van der Waals surface area contributed by atoms with Crippen molar-refractivity contribution in [3.63, 3.8) is 0 Å². The lowest BCUT2D eigenvalue weighted by molar-refractivity contribution is 0.0981. The average Bonchev–Trinajstić information content (AvgIpc) is 2.82. The summed E-state index contributed by atoms with van der Waals surface area (Å²) in [7, 11) is -3.76. The zero-order valence-corrected chi connectivity index (χ0v) is 11.2. The molecule has 0 aliphatic carbocycles. The lowest BCUT2D eigenvalue weighted by Crippen LogP contribution is -2.30. The third kappa shape index (κ3) is 2.77. The number of carbonyl (C=O) groups is 1. The van der Waals surface area contributed by atoms with Crippen molar-refractivity contribution in [2.24, 2.45) is 0 Å². The predicted molar refractivity (Wildman–Crippen MR) is 70.2 cm³/mol. The predicted octanol–water partition coefficient (Wildman–Crippen LogP) is 2.18. The van der Waals surface area contributed by atoms with Gasteiger partial charge in [-0.15, -0.1) is 11.3 Å². The van der Waals surface area contributed by atoms with Gasteiger partial charge >= 0.3 is 0 Å². The quantitative estimate of drug-likeness (QED) is 0.938. The van der Waals surface area contributed by atoms with Crippen molar-refractivity contribution in [1.29, 1.82) is 0 Å². The number of sulfonamides is 1. The second kappa shape index (κ2) is 4.91. The van der Waals surface area contributed by atoms with Gasteiger partial charge in [0.15, 0.2) is 0 Å². The van der Waals surface area contributed by atoms with Crippen LogP contribution in [0, 0.1) is 6.92 Å². The van der Waals surface area contributed by atoms with Gasteiger partial charge in [-0.25, -0.2) is 13.1 Å². The highest BCUT2D eigenvalue weighted by atomic mass is 32.2. The zero-order chi connectivity index (χ0) is 13.2. The van der Waals surface area contributed by atoms with E-state index in [9.17, 15) is 13.2 Å². The van der Waals surface area contributed by atoms with E-state index in [0.29, 0.717) is 5.56 Å². The number of thiophene rings is 1. The molecule has 1 N–H and O–H groups in total. The van der Waals surface area contributed by atoms with Crippen molar-refractivity contribution >= 4 is 27.3 Å². The second-order valence-corrected chi connectivity index (χ2v) is 6.59. The van der Waals surface area contributed by atoms with E-state index in [1.54, 1.807) is 29.6 Å². The SMILES string of the molecule is Cc1cccc(C(=O)NS(=O)(=O)c2cccs2)c1. The van der Waals surface area contributed by atoms with Gasteiger partial charge in [-0.1, -0.05) is 23.8 Å². The highest BCUT2D eigenvalue weighted by Gasteiger charge is 2.19. The van der Waals surface area contributed by atoms with Crippen molar-refractivity contribution in [3.8, 4) is 0 Å². The lowest BCUT2D eigenvalue weighted by atomic mass is 10.1. The molecule has 0 radical (unpaired) electrons. The number of hydrogen-bond acceptors (Lipinski definition) is 4. The van der Waals surface area contributed by atoms with Crippen LogP contribution < -0.4 is 4.72 Å². The van der Waals surface area contributed by atoms with Crippen molar-refractivity contribution in [2.75, 3.05) is 0 Å². The molecule has 1 aromatic carbocycles. The molecular weight excluding hydrogens is 270 g/mol. The fourth-order valence-electron chi connectivity index (χ4n) is 1.43. The summed E-state index contributed by atoms with van der Waals surface area (Å²) < 4.78 is 25.9. The first-order valence-corrected chi connectivity index (χ1v) is 7.53.